The van der Waals surface area contributed by atoms with Crippen molar-refractivity contribution in [1.82, 2.24) is 0 Å². The summed E-state index contributed by atoms with van der Waals surface area (Å²) in [7, 11) is 0. The normalized spacial score (nSPS) is 31.1. The summed E-state index contributed by atoms with van der Waals surface area (Å²) < 4.78 is 7.11. The molecular formula is C14H20NO+. The summed E-state index contributed by atoms with van der Waals surface area (Å²) in [6.07, 6.45) is 2.67. The molecule has 4 rings (SSSR count). The molecule has 0 radical (unpaired) electrons. The predicted octanol–water partition coefficient (Wildman–Crippen LogP) is 2.31. The smallest absolute Gasteiger partial charge is 0.119 e. The maximum absolute atomic E-state index is 5.72. The van der Waals surface area contributed by atoms with Crippen LogP contribution < -0.4 is 4.74 Å². The van der Waals surface area contributed by atoms with E-state index in [0.717, 1.165) is 18.3 Å². The lowest BCUT2D eigenvalue weighted by Crippen LogP contribution is -2.56. The van der Waals surface area contributed by atoms with E-state index in [1.54, 1.807) is 0 Å². The highest BCUT2D eigenvalue weighted by atomic mass is 16.5. The maximum atomic E-state index is 5.72. The Balaban J connectivity index is 1.38. The van der Waals surface area contributed by atoms with Crippen molar-refractivity contribution in [2.24, 2.45) is 5.92 Å². The molecule has 86 valence electrons. The molecule has 0 amide bonds. The highest BCUT2D eigenvalue weighted by Gasteiger charge is 2.50. The van der Waals surface area contributed by atoms with Gasteiger partial charge in [-0.1, -0.05) is 18.2 Å². The molecule has 0 aromatic heterocycles. The van der Waals surface area contributed by atoms with Gasteiger partial charge in [-0.15, -0.1) is 0 Å². The van der Waals surface area contributed by atoms with E-state index >= 15 is 0 Å². The second-order valence-corrected chi connectivity index (χ2v) is 5.32. The second kappa shape index (κ2) is 4.10. The van der Waals surface area contributed by atoms with Crippen LogP contribution in [0.3, 0.4) is 0 Å². The molecule has 0 unspecified atom stereocenters. The van der Waals surface area contributed by atoms with Gasteiger partial charge in [0.25, 0.3) is 0 Å². The SMILES string of the molecule is c1ccc(OCCC[N+]23CCC(C2)C3)cc1. The van der Waals surface area contributed by atoms with E-state index in [-0.39, 0.29) is 0 Å². The van der Waals surface area contributed by atoms with Crippen molar-refractivity contribution in [2.75, 3.05) is 32.8 Å². The van der Waals surface area contributed by atoms with Crippen LogP contribution in [-0.4, -0.2) is 37.3 Å². The highest BCUT2D eigenvalue weighted by molar-refractivity contribution is 5.20. The van der Waals surface area contributed by atoms with Gasteiger partial charge in [-0.05, 0) is 12.1 Å². The Bertz CT molecular complexity index is 338. The Morgan fingerprint density at radius 1 is 1.19 bits per heavy atom. The Morgan fingerprint density at radius 3 is 2.69 bits per heavy atom. The van der Waals surface area contributed by atoms with E-state index in [4.69, 9.17) is 4.74 Å². The number of quaternary nitrogens is 1. The highest BCUT2D eigenvalue weighted by Crippen LogP contribution is 2.37. The summed E-state index contributed by atoms with van der Waals surface area (Å²) in [4.78, 5) is 0. The molecule has 0 N–H and O–H groups in total. The fraction of sp³-hybridized carbons (Fsp3) is 0.571. The quantitative estimate of drug-likeness (QED) is 0.544. The number of nitrogens with zero attached hydrogens (tertiary/aromatic N) is 1. The standard InChI is InChI=1S/C14H20NO/c1-2-5-14(6-3-1)16-10-4-8-15-9-7-13(11-15)12-15/h1-3,5-6,13H,4,7-12H2/q+1. The van der Waals surface area contributed by atoms with Crippen LogP contribution >= 0.6 is 0 Å². The molecule has 3 fully saturated rings. The zero-order valence-corrected chi connectivity index (χ0v) is 9.77. The third-order valence-corrected chi connectivity index (χ3v) is 4.09. The molecule has 1 aromatic carbocycles. The summed E-state index contributed by atoms with van der Waals surface area (Å²) in [5, 5.41) is 0. The zero-order valence-electron chi connectivity index (χ0n) is 9.77. The molecule has 2 heteroatoms. The minimum atomic E-state index is 0.870. The number of para-hydroxylation sites is 1. The molecule has 3 aliphatic rings. The molecule has 3 heterocycles. The molecular weight excluding hydrogens is 198 g/mol. The minimum absolute atomic E-state index is 0.870. The summed E-state index contributed by atoms with van der Waals surface area (Å²) >= 11 is 0. The molecule has 0 aliphatic carbocycles. The topological polar surface area (TPSA) is 9.23 Å². The van der Waals surface area contributed by atoms with E-state index in [1.807, 2.05) is 30.3 Å². The van der Waals surface area contributed by atoms with E-state index in [1.165, 1.54) is 43.5 Å². The Labute approximate surface area is 97.4 Å². The minimum Gasteiger partial charge on any atom is -0.493 e. The number of hydrogen-bond donors (Lipinski definition) is 0. The fourth-order valence-corrected chi connectivity index (χ4v) is 3.26. The molecule has 2 nitrogen and oxygen atoms in total. The van der Waals surface area contributed by atoms with Gasteiger partial charge in [-0.25, -0.2) is 0 Å². The fourth-order valence-electron chi connectivity index (χ4n) is 3.26. The van der Waals surface area contributed by atoms with Gasteiger partial charge >= 0.3 is 0 Å². The van der Waals surface area contributed by atoms with Crippen molar-refractivity contribution >= 4 is 0 Å². The van der Waals surface area contributed by atoms with E-state index < -0.39 is 0 Å². The Kier molecular flexibility index (Phi) is 2.60. The van der Waals surface area contributed by atoms with Crippen LogP contribution in [-0.2, 0) is 0 Å². The van der Waals surface area contributed by atoms with Gasteiger partial charge in [-0.2, -0.15) is 0 Å². The lowest BCUT2D eigenvalue weighted by Gasteiger charge is -2.41. The van der Waals surface area contributed by atoms with Crippen LogP contribution in [0.2, 0.25) is 0 Å². The Hall–Kier alpha value is -1.02. The number of fused-ring (bicyclic) bond motifs is 1. The third kappa shape index (κ3) is 1.94. The number of benzene rings is 1. The van der Waals surface area contributed by atoms with Crippen LogP contribution in [0.5, 0.6) is 5.75 Å². The summed E-state index contributed by atoms with van der Waals surface area (Å²) in [6.45, 7) is 6.52. The van der Waals surface area contributed by atoms with Crippen LogP contribution in [0.1, 0.15) is 12.8 Å². The van der Waals surface area contributed by atoms with Crippen LogP contribution in [0.25, 0.3) is 0 Å². The van der Waals surface area contributed by atoms with Crippen molar-refractivity contribution in [3.8, 4) is 5.75 Å². The predicted molar refractivity (Wildman–Crippen MR) is 64.4 cm³/mol. The van der Waals surface area contributed by atoms with Gasteiger partial charge in [0.1, 0.15) is 5.75 Å². The first-order valence-electron chi connectivity index (χ1n) is 6.39. The van der Waals surface area contributed by atoms with Gasteiger partial charge in [-0.3, -0.25) is 0 Å². The van der Waals surface area contributed by atoms with E-state index in [9.17, 15) is 0 Å². The van der Waals surface area contributed by atoms with E-state index in [0.29, 0.717) is 0 Å². The monoisotopic (exact) mass is 218 g/mol. The number of rotatable bonds is 5. The number of hydrogen-bond acceptors (Lipinski definition) is 1. The van der Waals surface area contributed by atoms with E-state index in [2.05, 4.69) is 0 Å². The van der Waals surface area contributed by atoms with Crippen molar-refractivity contribution in [3.05, 3.63) is 30.3 Å². The van der Waals surface area contributed by atoms with Crippen LogP contribution in [0, 0.1) is 5.92 Å². The summed E-state index contributed by atoms with van der Waals surface area (Å²) in [5.41, 5.74) is 0. The summed E-state index contributed by atoms with van der Waals surface area (Å²) in [5.74, 6) is 2.07. The molecule has 3 saturated heterocycles. The van der Waals surface area contributed by atoms with Crippen LogP contribution in [0.4, 0.5) is 0 Å². The second-order valence-electron chi connectivity index (χ2n) is 5.32. The average molecular weight is 218 g/mol. The van der Waals surface area contributed by atoms with Crippen molar-refractivity contribution in [1.29, 1.82) is 0 Å². The van der Waals surface area contributed by atoms with Crippen LogP contribution in [0.15, 0.2) is 30.3 Å². The van der Waals surface area contributed by atoms with Gasteiger partial charge in [0.15, 0.2) is 0 Å². The third-order valence-electron chi connectivity index (χ3n) is 4.09. The first kappa shape index (κ1) is 10.2. The molecule has 1 aromatic rings. The first-order chi connectivity index (χ1) is 7.86. The lowest BCUT2D eigenvalue weighted by molar-refractivity contribution is -0.949. The molecule has 0 spiro atoms. The molecule has 3 aliphatic heterocycles. The van der Waals surface area contributed by atoms with Gasteiger partial charge in [0, 0.05) is 12.8 Å². The molecule has 0 atom stereocenters. The summed E-state index contributed by atoms with van der Waals surface area (Å²) in [6, 6.07) is 10.1. The van der Waals surface area contributed by atoms with Gasteiger partial charge in [0.05, 0.1) is 38.7 Å². The van der Waals surface area contributed by atoms with Crippen molar-refractivity contribution in [2.45, 2.75) is 12.8 Å². The number of ether oxygens (including phenoxy) is 1. The molecule has 16 heavy (non-hydrogen) atoms. The maximum Gasteiger partial charge on any atom is 0.119 e. The molecule has 2 bridgehead atoms. The van der Waals surface area contributed by atoms with Gasteiger partial charge < -0.3 is 9.22 Å². The molecule has 0 saturated carbocycles. The average Bonchev–Trinajstić information content (AvgIpc) is 2.85. The lowest BCUT2D eigenvalue weighted by atomic mass is 10.0. The van der Waals surface area contributed by atoms with Gasteiger partial charge in [0.2, 0.25) is 0 Å². The Morgan fingerprint density at radius 2 is 2.00 bits per heavy atom. The van der Waals surface area contributed by atoms with Crippen molar-refractivity contribution < 1.29 is 9.22 Å². The first-order valence-corrected chi connectivity index (χ1v) is 6.39. The largest absolute Gasteiger partial charge is 0.493 e. The zero-order chi connectivity index (χ0) is 10.8. The van der Waals surface area contributed by atoms with Crippen molar-refractivity contribution in [3.63, 3.8) is 0 Å².